The third-order valence-electron chi connectivity index (χ3n) is 14.8. The van der Waals surface area contributed by atoms with Crippen molar-refractivity contribution in [2.24, 2.45) is 0 Å². The Kier molecular flexibility index (Phi) is 8.70. The van der Waals surface area contributed by atoms with E-state index >= 15 is 0 Å². The second-order valence-electron chi connectivity index (χ2n) is 18.6. The molecule has 10 aromatic carbocycles. The molecular formula is C62H44BN3SSi. The Labute approximate surface area is 402 Å². The molecule has 0 aliphatic carbocycles. The molecule has 0 bridgehead atoms. The van der Waals surface area contributed by atoms with Gasteiger partial charge < -0.3 is 14.7 Å². The van der Waals surface area contributed by atoms with Gasteiger partial charge in [0.2, 0.25) is 0 Å². The van der Waals surface area contributed by atoms with E-state index in [9.17, 15) is 0 Å². The minimum Gasteiger partial charge on any atom is -0.311 e. The number of rotatable bonds is 5. The quantitative estimate of drug-likeness (QED) is 0.159. The average molecular weight is 902 g/mol. The molecule has 6 heteroatoms. The Morgan fingerprint density at radius 2 is 0.853 bits per heavy atom. The zero-order valence-corrected chi connectivity index (χ0v) is 39.6. The van der Waals surface area contributed by atoms with E-state index < -0.39 is 8.07 Å². The third kappa shape index (κ3) is 5.59. The fourth-order valence-corrected chi connectivity index (χ4v) is 18.5. The van der Waals surface area contributed by atoms with E-state index in [-0.39, 0.29) is 6.71 Å². The van der Waals surface area contributed by atoms with Crippen LogP contribution in [0.2, 0.25) is 0 Å². The van der Waals surface area contributed by atoms with Gasteiger partial charge in [0, 0.05) is 71.4 Å². The Balaban J connectivity index is 0.989. The summed E-state index contributed by atoms with van der Waals surface area (Å²) in [5.74, 6) is 0. The third-order valence-corrected chi connectivity index (χ3v) is 20.7. The molecule has 11 aromatic rings. The van der Waals surface area contributed by atoms with Gasteiger partial charge in [0.1, 0.15) is 0 Å². The van der Waals surface area contributed by atoms with Crippen molar-refractivity contribution in [3.05, 3.63) is 242 Å². The summed E-state index contributed by atoms with van der Waals surface area (Å²) in [6, 6.07) is 87.0. The Morgan fingerprint density at radius 1 is 0.353 bits per heavy atom. The van der Waals surface area contributed by atoms with Crippen molar-refractivity contribution in [1.82, 2.24) is 0 Å². The van der Waals surface area contributed by atoms with E-state index in [1.54, 1.807) is 0 Å². The number of aryl methyl sites for hydroxylation is 2. The first kappa shape index (κ1) is 39.3. The normalized spacial score (nSPS) is 14.0. The maximum absolute atomic E-state index is 2.78. The molecule has 0 unspecified atom stereocenters. The summed E-state index contributed by atoms with van der Waals surface area (Å²) in [5, 5.41) is 8.23. The second kappa shape index (κ2) is 15.1. The number of para-hydroxylation sites is 3. The Morgan fingerprint density at radius 3 is 1.46 bits per heavy atom. The summed E-state index contributed by atoms with van der Waals surface area (Å²) in [6.07, 6.45) is 0. The molecule has 0 atom stereocenters. The van der Waals surface area contributed by atoms with Crippen LogP contribution in [0.4, 0.5) is 51.2 Å². The highest BCUT2D eigenvalue weighted by atomic mass is 32.1. The first-order chi connectivity index (χ1) is 33.6. The molecule has 3 nitrogen and oxygen atoms in total. The maximum atomic E-state index is 2.56. The van der Waals surface area contributed by atoms with Crippen molar-refractivity contribution in [3.63, 3.8) is 0 Å². The van der Waals surface area contributed by atoms with Gasteiger partial charge in [0.25, 0.3) is 6.71 Å². The first-order valence-corrected chi connectivity index (χ1v) is 26.4. The van der Waals surface area contributed by atoms with E-state index in [0.717, 1.165) is 11.4 Å². The van der Waals surface area contributed by atoms with Gasteiger partial charge in [-0.2, -0.15) is 0 Å². The fraction of sp³-hybridized carbons (Fsp3) is 0.0323. The maximum Gasteiger partial charge on any atom is 0.252 e. The van der Waals surface area contributed by atoms with Gasteiger partial charge in [0.05, 0.1) is 0 Å². The molecule has 3 aliphatic rings. The standard InChI is InChI=1S/C62H44BN3SSi/c1-41-30-34-53-60(36-41)68(46-22-11-5-12-23-46,47-24-13-6-14-25-47)61-37-42(2)31-35-54(61)66(53)45-32-33-48-49-39-57-51(40-59(49)67-58(48)38-45)63-50-26-15-16-27-52(50)64(43-18-7-3-8-19-43)55-28-17-29-56(62(55)63)65(57)44-20-9-4-10-21-44/h3-40H,1-2H3. The number of anilines is 9. The molecule has 4 heterocycles. The smallest absolute Gasteiger partial charge is 0.252 e. The van der Waals surface area contributed by atoms with Crippen molar-refractivity contribution in [2.75, 3.05) is 14.7 Å². The molecular weight excluding hydrogens is 858 g/mol. The predicted molar refractivity (Wildman–Crippen MR) is 295 cm³/mol. The minimum absolute atomic E-state index is 0.0597. The molecule has 0 fully saturated rings. The van der Waals surface area contributed by atoms with E-state index in [2.05, 4.69) is 259 Å². The van der Waals surface area contributed by atoms with Gasteiger partial charge in [0.15, 0.2) is 8.07 Å². The topological polar surface area (TPSA) is 9.72 Å². The van der Waals surface area contributed by atoms with Gasteiger partial charge in [-0.15, -0.1) is 11.3 Å². The summed E-state index contributed by atoms with van der Waals surface area (Å²) < 4.78 is 2.59. The predicted octanol–water partition coefficient (Wildman–Crippen LogP) is 11.9. The molecule has 0 saturated heterocycles. The van der Waals surface area contributed by atoms with Gasteiger partial charge >= 0.3 is 0 Å². The zero-order valence-electron chi connectivity index (χ0n) is 37.8. The molecule has 3 aliphatic heterocycles. The number of hydrogen-bond acceptors (Lipinski definition) is 4. The molecule has 68 heavy (non-hydrogen) atoms. The van der Waals surface area contributed by atoms with E-state index in [4.69, 9.17) is 0 Å². The van der Waals surface area contributed by atoms with Gasteiger partial charge in [-0.05, 0) is 130 Å². The summed E-state index contributed by atoms with van der Waals surface area (Å²) in [7, 11) is -2.78. The fourth-order valence-electron chi connectivity index (χ4n) is 12.0. The summed E-state index contributed by atoms with van der Waals surface area (Å²) in [4.78, 5) is 7.53. The number of fused-ring (bicyclic) bond motifs is 9. The second-order valence-corrected chi connectivity index (χ2v) is 23.4. The van der Waals surface area contributed by atoms with Gasteiger partial charge in [-0.25, -0.2) is 0 Å². The summed E-state index contributed by atoms with van der Waals surface area (Å²) in [5.41, 5.74) is 17.5. The van der Waals surface area contributed by atoms with E-state index in [1.165, 1.54) is 108 Å². The van der Waals surface area contributed by atoms with Crippen LogP contribution in [0.3, 0.4) is 0 Å². The van der Waals surface area contributed by atoms with Crippen LogP contribution in [0.1, 0.15) is 11.1 Å². The van der Waals surface area contributed by atoms with Crippen molar-refractivity contribution in [3.8, 4) is 0 Å². The van der Waals surface area contributed by atoms with Gasteiger partial charge in [-0.3, -0.25) is 0 Å². The van der Waals surface area contributed by atoms with Crippen LogP contribution in [0.25, 0.3) is 20.2 Å². The number of thiophene rings is 1. The summed E-state index contributed by atoms with van der Waals surface area (Å²) >= 11 is 1.92. The average Bonchev–Trinajstić information content (AvgIpc) is 3.75. The summed E-state index contributed by atoms with van der Waals surface area (Å²) in [6.45, 7) is 4.56. The van der Waals surface area contributed by atoms with Crippen LogP contribution in [0, 0.1) is 13.8 Å². The molecule has 0 amide bonds. The first-order valence-electron chi connectivity index (χ1n) is 23.6. The molecule has 0 saturated carbocycles. The largest absolute Gasteiger partial charge is 0.311 e. The Bertz CT molecular complexity index is 3710. The highest BCUT2D eigenvalue weighted by molar-refractivity contribution is 7.26. The minimum atomic E-state index is -2.78. The Hall–Kier alpha value is -7.90. The van der Waals surface area contributed by atoms with Crippen molar-refractivity contribution >= 4 is 135 Å². The van der Waals surface area contributed by atoms with Crippen molar-refractivity contribution in [1.29, 1.82) is 0 Å². The van der Waals surface area contributed by atoms with Crippen molar-refractivity contribution < 1.29 is 0 Å². The molecule has 1 aromatic heterocycles. The number of benzene rings is 10. The van der Waals surface area contributed by atoms with Crippen LogP contribution in [-0.2, 0) is 0 Å². The molecule has 0 radical (unpaired) electrons. The monoisotopic (exact) mass is 901 g/mol. The van der Waals surface area contributed by atoms with E-state index in [1.807, 2.05) is 11.3 Å². The van der Waals surface area contributed by atoms with Crippen LogP contribution in [0.5, 0.6) is 0 Å². The van der Waals surface area contributed by atoms with Crippen LogP contribution < -0.4 is 51.8 Å². The molecule has 320 valence electrons. The van der Waals surface area contributed by atoms with Crippen LogP contribution in [-0.4, -0.2) is 14.8 Å². The number of nitrogens with zero attached hydrogens (tertiary/aromatic N) is 3. The lowest BCUT2D eigenvalue weighted by Crippen LogP contribution is -2.77. The SMILES string of the molecule is Cc1ccc2c(c1)[Si](c1ccccc1)(c1ccccc1)c1cc(C)ccc1N2c1ccc2c(c1)sc1cc3c(cc12)N(c1ccccc1)c1cccc2c1B3c1ccccc1N2c1ccccc1. The highest BCUT2D eigenvalue weighted by Crippen LogP contribution is 2.47. The highest BCUT2D eigenvalue weighted by Gasteiger charge is 2.49. The van der Waals surface area contributed by atoms with Crippen LogP contribution >= 0.6 is 11.3 Å². The van der Waals surface area contributed by atoms with Crippen molar-refractivity contribution in [2.45, 2.75) is 13.8 Å². The molecule has 14 rings (SSSR count). The molecule has 0 spiro atoms. The van der Waals surface area contributed by atoms with Crippen LogP contribution in [0.15, 0.2) is 231 Å². The lowest BCUT2D eigenvalue weighted by atomic mass is 9.33. The number of hydrogen-bond donors (Lipinski definition) is 0. The van der Waals surface area contributed by atoms with E-state index in [0.29, 0.717) is 0 Å². The lowest BCUT2D eigenvalue weighted by molar-refractivity contribution is 1.26. The van der Waals surface area contributed by atoms with Gasteiger partial charge in [-0.1, -0.05) is 163 Å². The lowest BCUT2D eigenvalue weighted by Gasteiger charge is -2.45. The zero-order chi connectivity index (χ0) is 45.1. The molecule has 0 N–H and O–H groups in total.